The Bertz CT molecular complexity index is 531. The molecule has 1 aliphatic rings. The molecule has 0 saturated carbocycles. The third-order valence-corrected chi connectivity index (χ3v) is 3.65. The summed E-state index contributed by atoms with van der Waals surface area (Å²) in [4.78, 5) is 26.2. The number of aryl methyl sites for hydroxylation is 2. The van der Waals surface area contributed by atoms with Crippen molar-refractivity contribution in [1.29, 1.82) is 0 Å². The third-order valence-electron chi connectivity index (χ3n) is 3.65. The van der Waals surface area contributed by atoms with Crippen molar-refractivity contribution < 1.29 is 14.3 Å². The smallest absolute Gasteiger partial charge is 0.294 e. The molecule has 0 unspecified atom stereocenters. The van der Waals surface area contributed by atoms with E-state index in [9.17, 15) is 9.59 Å². The molecule has 0 bridgehead atoms. The summed E-state index contributed by atoms with van der Waals surface area (Å²) in [5.41, 5.74) is 2.16. The predicted molar refractivity (Wildman–Crippen MR) is 77.2 cm³/mol. The van der Waals surface area contributed by atoms with Crippen molar-refractivity contribution in [3.63, 3.8) is 0 Å². The van der Waals surface area contributed by atoms with Crippen LogP contribution < -0.4 is 4.74 Å². The highest BCUT2D eigenvalue weighted by molar-refractivity contribution is 6.43. The molecule has 1 aliphatic heterocycles. The van der Waals surface area contributed by atoms with Crippen molar-refractivity contribution in [3.05, 3.63) is 28.8 Å². The third kappa shape index (κ3) is 2.84. The lowest BCUT2D eigenvalue weighted by Gasteiger charge is -2.16. The fourth-order valence-corrected chi connectivity index (χ4v) is 2.52. The SMILES string of the molecule is CCOc1cc(C)c(C(=O)C(=O)N2CCCC2)cc1C. The van der Waals surface area contributed by atoms with E-state index < -0.39 is 5.78 Å². The van der Waals surface area contributed by atoms with Gasteiger partial charge >= 0.3 is 0 Å². The van der Waals surface area contributed by atoms with Gasteiger partial charge in [-0.15, -0.1) is 0 Å². The maximum absolute atomic E-state index is 12.3. The Hall–Kier alpha value is -1.84. The van der Waals surface area contributed by atoms with Gasteiger partial charge in [0.25, 0.3) is 11.7 Å². The van der Waals surface area contributed by atoms with Crippen LogP contribution in [-0.4, -0.2) is 36.3 Å². The van der Waals surface area contributed by atoms with Crippen LogP contribution in [0, 0.1) is 13.8 Å². The first-order chi connectivity index (χ1) is 9.54. The van der Waals surface area contributed by atoms with Gasteiger partial charge in [-0.1, -0.05) is 0 Å². The summed E-state index contributed by atoms with van der Waals surface area (Å²) in [5, 5.41) is 0. The Morgan fingerprint density at radius 2 is 1.80 bits per heavy atom. The van der Waals surface area contributed by atoms with Crippen molar-refractivity contribution in [2.24, 2.45) is 0 Å². The van der Waals surface area contributed by atoms with Gasteiger partial charge in [-0.3, -0.25) is 9.59 Å². The summed E-state index contributed by atoms with van der Waals surface area (Å²) in [6.45, 7) is 7.62. The van der Waals surface area contributed by atoms with E-state index in [1.807, 2.05) is 26.8 Å². The molecule has 4 nitrogen and oxygen atoms in total. The van der Waals surface area contributed by atoms with Crippen LogP contribution in [-0.2, 0) is 4.79 Å². The number of Topliss-reactive ketones (excluding diaryl/α,β-unsaturated/α-hetero) is 1. The molecule has 0 atom stereocenters. The number of likely N-dealkylation sites (tertiary alicyclic amines) is 1. The van der Waals surface area contributed by atoms with Crippen LogP contribution in [0.25, 0.3) is 0 Å². The number of carbonyl (C=O) groups is 2. The molecule has 0 N–H and O–H groups in total. The molecule has 1 amide bonds. The first kappa shape index (κ1) is 14.6. The number of rotatable bonds is 4. The Morgan fingerprint density at radius 1 is 1.15 bits per heavy atom. The average molecular weight is 275 g/mol. The summed E-state index contributed by atoms with van der Waals surface area (Å²) in [6.07, 6.45) is 1.97. The van der Waals surface area contributed by atoms with E-state index in [1.54, 1.807) is 11.0 Å². The summed E-state index contributed by atoms with van der Waals surface area (Å²) in [6, 6.07) is 3.60. The van der Waals surface area contributed by atoms with Gasteiger partial charge in [0, 0.05) is 18.7 Å². The molecule has 0 spiro atoms. The van der Waals surface area contributed by atoms with Gasteiger partial charge in [-0.25, -0.2) is 0 Å². The first-order valence-corrected chi connectivity index (χ1v) is 7.12. The van der Waals surface area contributed by atoms with Gasteiger partial charge in [-0.05, 0) is 56.9 Å². The van der Waals surface area contributed by atoms with E-state index >= 15 is 0 Å². The van der Waals surface area contributed by atoms with Crippen LogP contribution in [0.4, 0.5) is 0 Å². The molecule has 1 heterocycles. The van der Waals surface area contributed by atoms with Gasteiger partial charge in [0.2, 0.25) is 0 Å². The zero-order valence-electron chi connectivity index (χ0n) is 12.4. The molecule has 0 aromatic heterocycles. The second-order valence-corrected chi connectivity index (χ2v) is 5.19. The van der Waals surface area contributed by atoms with Gasteiger partial charge in [-0.2, -0.15) is 0 Å². The molecule has 2 rings (SSSR count). The van der Waals surface area contributed by atoms with E-state index in [0.717, 1.165) is 29.7 Å². The lowest BCUT2D eigenvalue weighted by Crippen LogP contribution is -2.34. The monoisotopic (exact) mass is 275 g/mol. The van der Waals surface area contributed by atoms with Crippen LogP contribution in [0.3, 0.4) is 0 Å². The molecule has 0 aliphatic carbocycles. The minimum Gasteiger partial charge on any atom is -0.494 e. The van der Waals surface area contributed by atoms with E-state index in [1.165, 1.54) is 0 Å². The molecule has 20 heavy (non-hydrogen) atoms. The number of carbonyl (C=O) groups excluding carboxylic acids is 2. The fourth-order valence-electron chi connectivity index (χ4n) is 2.52. The molecule has 108 valence electrons. The van der Waals surface area contributed by atoms with Crippen molar-refractivity contribution in [2.75, 3.05) is 19.7 Å². The average Bonchev–Trinajstić information content (AvgIpc) is 2.95. The molecule has 4 heteroatoms. The van der Waals surface area contributed by atoms with Crippen molar-refractivity contribution in [1.82, 2.24) is 4.90 Å². The van der Waals surface area contributed by atoms with E-state index in [2.05, 4.69) is 0 Å². The molecular weight excluding hydrogens is 254 g/mol. The molecule has 1 fully saturated rings. The maximum Gasteiger partial charge on any atom is 0.294 e. The quantitative estimate of drug-likeness (QED) is 0.626. The van der Waals surface area contributed by atoms with Crippen LogP contribution in [0.5, 0.6) is 5.75 Å². The van der Waals surface area contributed by atoms with E-state index in [0.29, 0.717) is 25.3 Å². The molecule has 1 aromatic rings. The van der Waals surface area contributed by atoms with Crippen LogP contribution in [0.2, 0.25) is 0 Å². The Morgan fingerprint density at radius 3 is 2.40 bits per heavy atom. The predicted octanol–water partition coefficient (Wildman–Crippen LogP) is 2.51. The van der Waals surface area contributed by atoms with Gasteiger partial charge in [0.1, 0.15) is 5.75 Å². The highest BCUT2D eigenvalue weighted by Gasteiger charge is 2.26. The minimum atomic E-state index is -0.407. The molecule has 1 aromatic carbocycles. The topological polar surface area (TPSA) is 46.6 Å². The number of amides is 1. The number of ether oxygens (including phenoxy) is 1. The van der Waals surface area contributed by atoms with E-state index in [-0.39, 0.29) is 5.91 Å². The van der Waals surface area contributed by atoms with Gasteiger partial charge in [0.05, 0.1) is 6.61 Å². The molecular formula is C16H21NO3. The second-order valence-electron chi connectivity index (χ2n) is 5.19. The number of hydrogen-bond acceptors (Lipinski definition) is 3. The molecule has 1 saturated heterocycles. The lowest BCUT2D eigenvalue weighted by molar-refractivity contribution is -0.125. The number of benzene rings is 1. The van der Waals surface area contributed by atoms with Crippen LogP contribution >= 0.6 is 0 Å². The number of nitrogens with zero attached hydrogens (tertiary/aromatic N) is 1. The summed E-state index contributed by atoms with van der Waals surface area (Å²) >= 11 is 0. The number of ketones is 1. The van der Waals surface area contributed by atoms with E-state index in [4.69, 9.17) is 4.74 Å². The maximum atomic E-state index is 12.3. The second kappa shape index (κ2) is 6.07. The van der Waals surface area contributed by atoms with Crippen LogP contribution in [0.15, 0.2) is 12.1 Å². The standard InChI is InChI=1S/C16H21NO3/c1-4-20-14-10-11(2)13(9-12(14)3)15(18)16(19)17-7-5-6-8-17/h9-10H,4-8H2,1-3H3. The minimum absolute atomic E-state index is 0.380. The fraction of sp³-hybridized carbons (Fsp3) is 0.500. The highest BCUT2D eigenvalue weighted by Crippen LogP contribution is 2.24. The Kier molecular flexibility index (Phi) is 4.42. The van der Waals surface area contributed by atoms with Crippen molar-refractivity contribution in [3.8, 4) is 5.75 Å². The summed E-state index contributed by atoms with van der Waals surface area (Å²) in [5.74, 6) is -0.0140. The largest absolute Gasteiger partial charge is 0.494 e. The van der Waals surface area contributed by atoms with Crippen LogP contribution in [0.1, 0.15) is 41.3 Å². The van der Waals surface area contributed by atoms with Crippen molar-refractivity contribution in [2.45, 2.75) is 33.6 Å². The Labute approximate surface area is 119 Å². The normalized spacial score (nSPS) is 14.4. The van der Waals surface area contributed by atoms with Gasteiger partial charge < -0.3 is 9.64 Å². The molecule has 0 radical (unpaired) electrons. The lowest BCUT2D eigenvalue weighted by atomic mass is 10.0. The summed E-state index contributed by atoms with van der Waals surface area (Å²) < 4.78 is 5.51. The van der Waals surface area contributed by atoms with Gasteiger partial charge in [0.15, 0.2) is 0 Å². The summed E-state index contributed by atoms with van der Waals surface area (Å²) in [7, 11) is 0. The number of hydrogen-bond donors (Lipinski definition) is 0. The van der Waals surface area contributed by atoms with Crippen molar-refractivity contribution >= 4 is 11.7 Å². The first-order valence-electron chi connectivity index (χ1n) is 7.12. The zero-order valence-corrected chi connectivity index (χ0v) is 12.4. The highest BCUT2D eigenvalue weighted by atomic mass is 16.5. The Balaban J connectivity index is 2.25. The zero-order chi connectivity index (χ0) is 14.7.